The third kappa shape index (κ3) is 8.37. The summed E-state index contributed by atoms with van der Waals surface area (Å²) in [5, 5.41) is 0.194. The molecule has 0 radical (unpaired) electrons. The fourth-order valence-corrected chi connectivity index (χ4v) is 1.42. The minimum Gasteiger partial charge on any atom is -0.493 e. The number of unbranched alkanes of at least 4 members (excludes halogenated alkanes) is 3. The molecule has 0 aliphatic heterocycles. The Morgan fingerprint density at radius 3 is 2.44 bits per heavy atom. The Hall–Kier alpha value is -0.730. The summed E-state index contributed by atoms with van der Waals surface area (Å²) in [5.74, 6) is 0.698. The number of benzene rings is 1. The summed E-state index contributed by atoms with van der Waals surface area (Å²) in [6, 6.07) is 7.33. The third-order valence-corrected chi connectivity index (χ3v) is 2.30. The fourth-order valence-electron chi connectivity index (χ4n) is 1.42. The SMILES string of the molecule is CCCCCCOc1ccccc1C=O.ClCCl. The maximum Gasteiger partial charge on any atom is 0.153 e. The van der Waals surface area contributed by atoms with Crippen molar-refractivity contribution in [3.8, 4) is 5.75 Å². The van der Waals surface area contributed by atoms with Crippen LogP contribution < -0.4 is 4.74 Å². The highest BCUT2D eigenvalue weighted by Crippen LogP contribution is 2.16. The molecule has 0 saturated carbocycles. The quantitative estimate of drug-likeness (QED) is 0.406. The van der Waals surface area contributed by atoms with Crippen molar-refractivity contribution in [3.05, 3.63) is 29.8 Å². The Labute approximate surface area is 119 Å². The fraction of sp³-hybridized carbons (Fsp3) is 0.500. The van der Waals surface area contributed by atoms with Crippen LogP contribution in [-0.4, -0.2) is 18.2 Å². The molecule has 18 heavy (non-hydrogen) atoms. The van der Waals surface area contributed by atoms with Gasteiger partial charge in [-0.05, 0) is 18.6 Å². The van der Waals surface area contributed by atoms with Gasteiger partial charge in [0.25, 0.3) is 0 Å². The highest BCUT2D eigenvalue weighted by Gasteiger charge is 2.00. The molecule has 0 aromatic heterocycles. The van der Waals surface area contributed by atoms with E-state index in [9.17, 15) is 4.79 Å². The van der Waals surface area contributed by atoms with Crippen molar-refractivity contribution < 1.29 is 9.53 Å². The molecule has 0 fully saturated rings. The predicted molar refractivity (Wildman–Crippen MR) is 78.0 cm³/mol. The van der Waals surface area contributed by atoms with Crippen LogP contribution in [0.15, 0.2) is 24.3 Å². The monoisotopic (exact) mass is 290 g/mol. The Kier molecular flexibility index (Phi) is 12.2. The van der Waals surface area contributed by atoms with Gasteiger partial charge in [-0.1, -0.05) is 38.3 Å². The lowest BCUT2D eigenvalue weighted by molar-refractivity contribution is 0.111. The van der Waals surface area contributed by atoms with Crippen molar-refractivity contribution in [1.82, 2.24) is 0 Å². The van der Waals surface area contributed by atoms with Crippen LogP contribution in [0.2, 0.25) is 0 Å². The summed E-state index contributed by atoms with van der Waals surface area (Å²) in [5.41, 5.74) is 0.632. The Morgan fingerprint density at radius 1 is 1.17 bits per heavy atom. The van der Waals surface area contributed by atoms with Crippen molar-refractivity contribution in [3.63, 3.8) is 0 Å². The molecule has 0 atom stereocenters. The smallest absolute Gasteiger partial charge is 0.153 e. The number of para-hydroxylation sites is 1. The van der Waals surface area contributed by atoms with Gasteiger partial charge in [-0.25, -0.2) is 0 Å². The summed E-state index contributed by atoms with van der Waals surface area (Å²) in [6.45, 7) is 2.88. The minimum atomic E-state index is 0.194. The third-order valence-electron chi connectivity index (χ3n) is 2.30. The van der Waals surface area contributed by atoms with Gasteiger partial charge < -0.3 is 4.74 Å². The van der Waals surface area contributed by atoms with Crippen molar-refractivity contribution in [2.75, 3.05) is 11.9 Å². The van der Waals surface area contributed by atoms with Crippen LogP contribution in [0, 0.1) is 0 Å². The largest absolute Gasteiger partial charge is 0.493 e. The molecule has 4 heteroatoms. The molecule has 0 N–H and O–H groups in total. The molecule has 0 aliphatic rings. The molecular weight excluding hydrogens is 271 g/mol. The van der Waals surface area contributed by atoms with Gasteiger partial charge in [-0.2, -0.15) is 0 Å². The van der Waals surface area contributed by atoms with Crippen molar-refractivity contribution in [2.45, 2.75) is 32.6 Å². The second-order valence-corrected chi connectivity index (χ2v) is 4.47. The molecule has 2 nitrogen and oxygen atoms in total. The van der Waals surface area contributed by atoms with Crippen molar-refractivity contribution in [2.24, 2.45) is 0 Å². The van der Waals surface area contributed by atoms with Gasteiger partial charge in [0.15, 0.2) is 6.29 Å². The van der Waals surface area contributed by atoms with Crippen molar-refractivity contribution >= 4 is 29.5 Å². The first-order chi connectivity index (χ1) is 8.79. The average Bonchev–Trinajstić information content (AvgIpc) is 2.40. The molecule has 0 bridgehead atoms. The summed E-state index contributed by atoms with van der Waals surface area (Å²) in [6.07, 6.45) is 5.56. The molecule has 0 aliphatic carbocycles. The van der Waals surface area contributed by atoms with E-state index in [-0.39, 0.29) is 5.34 Å². The van der Waals surface area contributed by atoms with Crippen LogP contribution in [0.1, 0.15) is 43.0 Å². The molecule has 0 spiro atoms. The normalized spacial score (nSPS) is 9.28. The first-order valence-corrected chi connectivity index (χ1v) is 7.16. The van der Waals surface area contributed by atoms with Gasteiger partial charge in [-0.3, -0.25) is 4.79 Å². The Morgan fingerprint density at radius 2 is 1.83 bits per heavy atom. The number of carbonyl (C=O) groups is 1. The highest BCUT2D eigenvalue weighted by atomic mass is 35.5. The van der Waals surface area contributed by atoms with Gasteiger partial charge in [0.2, 0.25) is 0 Å². The van der Waals surface area contributed by atoms with Gasteiger partial charge >= 0.3 is 0 Å². The molecule has 102 valence electrons. The van der Waals surface area contributed by atoms with E-state index in [1.807, 2.05) is 18.2 Å². The van der Waals surface area contributed by atoms with Crippen molar-refractivity contribution in [1.29, 1.82) is 0 Å². The second kappa shape index (κ2) is 12.7. The van der Waals surface area contributed by atoms with Crippen LogP contribution in [-0.2, 0) is 0 Å². The van der Waals surface area contributed by atoms with E-state index in [1.54, 1.807) is 6.07 Å². The lowest BCUT2D eigenvalue weighted by Gasteiger charge is -2.07. The second-order valence-electron chi connectivity index (χ2n) is 3.67. The van der Waals surface area contributed by atoms with Crippen LogP contribution >= 0.6 is 23.2 Å². The zero-order chi connectivity index (χ0) is 13.6. The Balaban J connectivity index is 0.000000873. The number of halogens is 2. The highest BCUT2D eigenvalue weighted by molar-refractivity contribution is 6.40. The number of alkyl halides is 2. The number of rotatable bonds is 7. The molecule has 1 aromatic carbocycles. The zero-order valence-electron chi connectivity index (χ0n) is 10.7. The number of hydrogen-bond donors (Lipinski definition) is 0. The first-order valence-electron chi connectivity index (χ1n) is 6.09. The van der Waals surface area contributed by atoms with E-state index in [0.717, 1.165) is 12.7 Å². The van der Waals surface area contributed by atoms with E-state index in [0.29, 0.717) is 17.9 Å². The number of hydrogen-bond acceptors (Lipinski definition) is 2. The maximum atomic E-state index is 10.7. The number of aldehydes is 1. The average molecular weight is 291 g/mol. The van der Waals surface area contributed by atoms with E-state index < -0.39 is 0 Å². The van der Waals surface area contributed by atoms with Crippen LogP contribution in [0.25, 0.3) is 0 Å². The lowest BCUT2D eigenvalue weighted by atomic mass is 10.2. The first kappa shape index (κ1) is 17.3. The number of ether oxygens (including phenoxy) is 1. The molecule has 0 saturated heterocycles. The van der Waals surface area contributed by atoms with Gasteiger partial charge in [-0.15, -0.1) is 23.2 Å². The molecule has 1 aromatic rings. The van der Waals surface area contributed by atoms with E-state index in [1.165, 1.54) is 19.3 Å². The molecule has 0 unspecified atom stereocenters. The lowest BCUT2D eigenvalue weighted by Crippen LogP contribution is -1.99. The zero-order valence-corrected chi connectivity index (χ0v) is 12.2. The standard InChI is InChI=1S/C13H18O2.CH2Cl2/c1-2-3-4-7-10-15-13-9-6-5-8-12(13)11-14;2-1-3/h5-6,8-9,11H,2-4,7,10H2,1H3;1H2. The topological polar surface area (TPSA) is 26.3 Å². The maximum absolute atomic E-state index is 10.7. The molecule has 1 rings (SSSR count). The molecule has 0 amide bonds. The Bertz CT molecular complexity index is 316. The number of carbonyl (C=O) groups excluding carboxylic acids is 1. The molecular formula is C14H20Cl2O2. The van der Waals surface area contributed by atoms with Crippen LogP contribution in [0.3, 0.4) is 0 Å². The summed E-state index contributed by atoms with van der Waals surface area (Å²) < 4.78 is 5.54. The summed E-state index contributed by atoms with van der Waals surface area (Å²) in [7, 11) is 0. The molecule has 0 heterocycles. The van der Waals surface area contributed by atoms with Gasteiger partial charge in [0.05, 0.1) is 17.5 Å². The van der Waals surface area contributed by atoms with Gasteiger partial charge in [0.1, 0.15) is 5.75 Å². The van der Waals surface area contributed by atoms with Crippen LogP contribution in [0.5, 0.6) is 5.75 Å². The van der Waals surface area contributed by atoms with E-state index in [4.69, 9.17) is 27.9 Å². The van der Waals surface area contributed by atoms with Crippen LogP contribution in [0.4, 0.5) is 0 Å². The predicted octanol–water partition coefficient (Wildman–Crippen LogP) is 4.88. The summed E-state index contributed by atoms with van der Waals surface area (Å²) in [4.78, 5) is 10.7. The van der Waals surface area contributed by atoms with Gasteiger partial charge in [0, 0.05) is 0 Å². The van der Waals surface area contributed by atoms with E-state index >= 15 is 0 Å². The summed E-state index contributed by atoms with van der Waals surface area (Å²) >= 11 is 9.53. The minimum absolute atomic E-state index is 0.194. The van der Waals surface area contributed by atoms with E-state index in [2.05, 4.69) is 6.92 Å².